The standard InChI is InChI=1S/C30H37N3O4S/c1-23-17-18-27(20-24(23)2)33(38(4,36)37)19-11-16-29(34)32(22-26-14-9-6-10-15-26)28(30(35)31-3)21-25-12-7-5-8-13-25/h5-10,12-15,17-18,20,28H,11,16,19,21-22H2,1-4H3,(H,31,35)/t28-/m0/s1. The van der Waals surface area contributed by atoms with Crippen molar-refractivity contribution in [1.82, 2.24) is 10.2 Å². The van der Waals surface area contributed by atoms with Gasteiger partial charge in [0.25, 0.3) is 0 Å². The minimum absolute atomic E-state index is 0.103. The molecule has 0 spiro atoms. The molecule has 2 amide bonds. The van der Waals surface area contributed by atoms with Gasteiger partial charge in [-0.15, -0.1) is 0 Å². The number of nitrogens with one attached hydrogen (secondary N) is 1. The molecular formula is C30H37N3O4S. The molecule has 0 aromatic heterocycles. The minimum atomic E-state index is -3.54. The van der Waals surface area contributed by atoms with Crippen molar-refractivity contribution in [2.45, 2.75) is 45.7 Å². The molecule has 1 atom stereocenters. The molecule has 0 bridgehead atoms. The fourth-order valence-electron chi connectivity index (χ4n) is 4.39. The van der Waals surface area contributed by atoms with E-state index in [0.717, 1.165) is 22.3 Å². The highest BCUT2D eigenvalue weighted by Crippen LogP contribution is 2.22. The summed E-state index contributed by atoms with van der Waals surface area (Å²) >= 11 is 0. The van der Waals surface area contributed by atoms with Gasteiger partial charge >= 0.3 is 0 Å². The molecule has 0 fully saturated rings. The Hall–Kier alpha value is -3.65. The molecule has 7 nitrogen and oxygen atoms in total. The Morgan fingerprint density at radius 3 is 2.03 bits per heavy atom. The van der Waals surface area contributed by atoms with Crippen LogP contribution in [0.3, 0.4) is 0 Å². The highest BCUT2D eigenvalue weighted by molar-refractivity contribution is 7.92. The van der Waals surface area contributed by atoms with Crippen LogP contribution < -0.4 is 9.62 Å². The van der Waals surface area contributed by atoms with Crippen LogP contribution in [0.1, 0.15) is 35.1 Å². The van der Waals surface area contributed by atoms with Crippen LogP contribution in [0.2, 0.25) is 0 Å². The monoisotopic (exact) mass is 535 g/mol. The smallest absolute Gasteiger partial charge is 0.242 e. The van der Waals surface area contributed by atoms with E-state index in [-0.39, 0.29) is 31.3 Å². The number of likely N-dealkylation sites (N-methyl/N-ethyl adjacent to an activating group) is 1. The number of carbonyl (C=O) groups excluding carboxylic acids is 2. The van der Waals surface area contributed by atoms with E-state index in [2.05, 4.69) is 5.32 Å². The van der Waals surface area contributed by atoms with Crippen molar-refractivity contribution in [1.29, 1.82) is 0 Å². The van der Waals surface area contributed by atoms with E-state index < -0.39 is 16.1 Å². The average molecular weight is 536 g/mol. The lowest BCUT2D eigenvalue weighted by atomic mass is 10.0. The molecular weight excluding hydrogens is 498 g/mol. The summed E-state index contributed by atoms with van der Waals surface area (Å²) in [6.45, 7) is 4.35. The van der Waals surface area contributed by atoms with E-state index >= 15 is 0 Å². The van der Waals surface area contributed by atoms with Gasteiger partial charge in [0.15, 0.2) is 0 Å². The third kappa shape index (κ3) is 7.92. The molecule has 1 N–H and O–H groups in total. The number of hydrogen-bond acceptors (Lipinski definition) is 4. The summed E-state index contributed by atoms with van der Waals surface area (Å²) in [5.41, 5.74) is 4.51. The third-order valence-electron chi connectivity index (χ3n) is 6.64. The van der Waals surface area contributed by atoms with Crippen LogP contribution in [0.4, 0.5) is 5.69 Å². The summed E-state index contributed by atoms with van der Waals surface area (Å²) in [6, 6.07) is 24.0. The van der Waals surface area contributed by atoms with E-state index in [9.17, 15) is 18.0 Å². The largest absolute Gasteiger partial charge is 0.357 e. The summed E-state index contributed by atoms with van der Waals surface area (Å²) < 4.78 is 26.5. The molecule has 3 aromatic rings. The van der Waals surface area contributed by atoms with Crippen molar-refractivity contribution in [2.24, 2.45) is 0 Å². The Labute approximate surface area is 226 Å². The SMILES string of the molecule is CNC(=O)[C@H](Cc1ccccc1)N(Cc1ccccc1)C(=O)CCCN(c1ccc(C)c(C)c1)S(C)(=O)=O. The number of benzene rings is 3. The first-order valence-corrected chi connectivity index (χ1v) is 14.6. The van der Waals surface area contributed by atoms with Crippen LogP contribution in [0.5, 0.6) is 0 Å². The summed E-state index contributed by atoms with van der Waals surface area (Å²) in [6.07, 6.45) is 1.96. The highest BCUT2D eigenvalue weighted by atomic mass is 32.2. The minimum Gasteiger partial charge on any atom is -0.357 e. The lowest BCUT2D eigenvalue weighted by Gasteiger charge is -2.31. The highest BCUT2D eigenvalue weighted by Gasteiger charge is 2.30. The van der Waals surface area contributed by atoms with Crippen molar-refractivity contribution in [3.63, 3.8) is 0 Å². The molecule has 0 saturated heterocycles. The van der Waals surface area contributed by atoms with Crippen LogP contribution in [0, 0.1) is 13.8 Å². The van der Waals surface area contributed by atoms with Crippen LogP contribution >= 0.6 is 0 Å². The van der Waals surface area contributed by atoms with Crippen LogP contribution in [0.15, 0.2) is 78.9 Å². The van der Waals surface area contributed by atoms with Crippen molar-refractivity contribution >= 4 is 27.5 Å². The number of aryl methyl sites for hydroxylation is 2. The zero-order chi connectivity index (χ0) is 27.7. The average Bonchev–Trinajstić information content (AvgIpc) is 2.90. The maximum atomic E-state index is 13.6. The summed E-state index contributed by atoms with van der Waals surface area (Å²) in [7, 11) is -1.98. The van der Waals surface area contributed by atoms with Gasteiger partial charge < -0.3 is 10.2 Å². The lowest BCUT2D eigenvalue weighted by molar-refractivity contribution is -0.141. The number of rotatable bonds is 12. The zero-order valence-electron chi connectivity index (χ0n) is 22.6. The molecule has 0 saturated carbocycles. The summed E-state index contributed by atoms with van der Waals surface area (Å²) in [5, 5.41) is 2.71. The topological polar surface area (TPSA) is 86.8 Å². The Balaban J connectivity index is 1.83. The molecule has 0 aliphatic rings. The third-order valence-corrected chi connectivity index (χ3v) is 7.84. The summed E-state index contributed by atoms with van der Waals surface area (Å²) in [4.78, 5) is 28.3. The zero-order valence-corrected chi connectivity index (χ0v) is 23.4. The second-order valence-electron chi connectivity index (χ2n) is 9.53. The maximum Gasteiger partial charge on any atom is 0.242 e. The van der Waals surface area contributed by atoms with E-state index in [1.807, 2.05) is 86.6 Å². The van der Waals surface area contributed by atoms with Gasteiger partial charge in [0, 0.05) is 33.0 Å². The van der Waals surface area contributed by atoms with Gasteiger partial charge in [-0.3, -0.25) is 13.9 Å². The van der Waals surface area contributed by atoms with E-state index in [0.29, 0.717) is 18.5 Å². The number of amides is 2. The maximum absolute atomic E-state index is 13.6. The predicted octanol–water partition coefficient (Wildman–Crippen LogP) is 4.24. The molecule has 202 valence electrons. The van der Waals surface area contributed by atoms with Gasteiger partial charge in [0.2, 0.25) is 21.8 Å². The second kappa shape index (κ2) is 13.2. The van der Waals surface area contributed by atoms with Crippen molar-refractivity contribution in [2.75, 3.05) is 24.2 Å². The molecule has 0 radical (unpaired) electrons. The van der Waals surface area contributed by atoms with E-state index in [1.165, 1.54) is 10.6 Å². The van der Waals surface area contributed by atoms with Gasteiger partial charge in [-0.25, -0.2) is 8.42 Å². The molecule has 0 heterocycles. The second-order valence-corrected chi connectivity index (χ2v) is 11.4. The quantitative estimate of drug-likeness (QED) is 0.376. The molecule has 0 unspecified atom stereocenters. The number of carbonyl (C=O) groups is 2. The van der Waals surface area contributed by atoms with Crippen molar-refractivity contribution in [3.8, 4) is 0 Å². The Kier molecular flexibility index (Phi) is 10.1. The number of sulfonamides is 1. The Morgan fingerprint density at radius 2 is 1.47 bits per heavy atom. The van der Waals surface area contributed by atoms with Gasteiger partial charge in [0.05, 0.1) is 11.9 Å². The molecule has 38 heavy (non-hydrogen) atoms. The normalized spacial score (nSPS) is 12.0. The molecule has 3 rings (SSSR count). The first-order chi connectivity index (χ1) is 18.1. The number of nitrogens with zero attached hydrogens (tertiary/aromatic N) is 2. The lowest BCUT2D eigenvalue weighted by Crippen LogP contribution is -2.49. The Bertz CT molecular complexity index is 1330. The fraction of sp³-hybridized carbons (Fsp3) is 0.333. The van der Waals surface area contributed by atoms with E-state index in [1.54, 1.807) is 18.0 Å². The predicted molar refractivity (Wildman–Crippen MR) is 152 cm³/mol. The molecule has 0 aliphatic heterocycles. The Morgan fingerprint density at radius 1 is 0.868 bits per heavy atom. The first kappa shape index (κ1) is 28.9. The fourth-order valence-corrected chi connectivity index (χ4v) is 5.34. The van der Waals surface area contributed by atoms with E-state index in [4.69, 9.17) is 0 Å². The molecule has 3 aromatic carbocycles. The summed E-state index contributed by atoms with van der Waals surface area (Å²) in [5.74, 6) is -0.446. The first-order valence-electron chi connectivity index (χ1n) is 12.7. The number of anilines is 1. The van der Waals surface area contributed by atoms with Crippen molar-refractivity contribution in [3.05, 3.63) is 101 Å². The van der Waals surface area contributed by atoms with Crippen LogP contribution in [-0.4, -0.2) is 51.0 Å². The van der Waals surface area contributed by atoms with Crippen LogP contribution in [-0.2, 0) is 32.6 Å². The van der Waals surface area contributed by atoms with Gasteiger partial charge in [0.1, 0.15) is 6.04 Å². The molecule has 0 aliphatic carbocycles. The van der Waals surface area contributed by atoms with Gasteiger partial charge in [-0.05, 0) is 54.7 Å². The van der Waals surface area contributed by atoms with Gasteiger partial charge in [-0.2, -0.15) is 0 Å². The van der Waals surface area contributed by atoms with Gasteiger partial charge in [-0.1, -0.05) is 66.7 Å². The van der Waals surface area contributed by atoms with Crippen molar-refractivity contribution < 1.29 is 18.0 Å². The molecule has 8 heteroatoms. The van der Waals surface area contributed by atoms with Crippen LogP contribution in [0.25, 0.3) is 0 Å². The number of hydrogen-bond donors (Lipinski definition) is 1.